The standard InChI is InChI=1S/C24H21N3O7S/c1-31-19-10-6-16(7-11-19)23-26-25-22(34-23)15-33-24(28)17-4-3-5-21(14-17)35(29,30)27-18-8-12-20(32-2)13-9-18/h3-14,27H,15H2,1-2H3. The van der Waals surface area contributed by atoms with E-state index in [1.54, 1.807) is 55.6 Å². The lowest BCUT2D eigenvalue weighted by Gasteiger charge is -2.10. The van der Waals surface area contributed by atoms with Gasteiger partial charge in [-0.3, -0.25) is 4.72 Å². The molecule has 0 aliphatic carbocycles. The maximum absolute atomic E-state index is 12.8. The second-order valence-electron chi connectivity index (χ2n) is 7.17. The van der Waals surface area contributed by atoms with Crippen molar-refractivity contribution in [1.29, 1.82) is 0 Å². The number of hydrogen-bond donors (Lipinski definition) is 1. The summed E-state index contributed by atoms with van der Waals surface area (Å²) in [7, 11) is -0.855. The van der Waals surface area contributed by atoms with Crippen molar-refractivity contribution >= 4 is 21.7 Å². The van der Waals surface area contributed by atoms with Crippen LogP contribution in [0, 0.1) is 0 Å². The van der Waals surface area contributed by atoms with Gasteiger partial charge in [-0.15, -0.1) is 10.2 Å². The number of rotatable bonds is 9. The molecule has 1 aromatic heterocycles. The molecular weight excluding hydrogens is 474 g/mol. The van der Waals surface area contributed by atoms with Crippen LogP contribution in [0.2, 0.25) is 0 Å². The topological polar surface area (TPSA) is 130 Å². The summed E-state index contributed by atoms with van der Waals surface area (Å²) in [6.45, 7) is -0.275. The zero-order valence-corrected chi connectivity index (χ0v) is 19.6. The van der Waals surface area contributed by atoms with Crippen LogP contribution in [0.3, 0.4) is 0 Å². The second kappa shape index (κ2) is 10.3. The van der Waals surface area contributed by atoms with Gasteiger partial charge in [-0.2, -0.15) is 0 Å². The summed E-state index contributed by atoms with van der Waals surface area (Å²) in [6, 6.07) is 18.9. The smallest absolute Gasteiger partial charge is 0.338 e. The molecule has 0 atom stereocenters. The van der Waals surface area contributed by atoms with E-state index in [-0.39, 0.29) is 28.8 Å². The number of carbonyl (C=O) groups is 1. The van der Waals surface area contributed by atoms with Crippen molar-refractivity contribution < 1.29 is 31.8 Å². The lowest BCUT2D eigenvalue weighted by Crippen LogP contribution is -2.14. The van der Waals surface area contributed by atoms with E-state index in [2.05, 4.69) is 14.9 Å². The van der Waals surface area contributed by atoms with Crippen molar-refractivity contribution in [2.45, 2.75) is 11.5 Å². The number of anilines is 1. The van der Waals surface area contributed by atoms with E-state index in [1.807, 2.05) is 0 Å². The van der Waals surface area contributed by atoms with E-state index in [0.717, 1.165) is 0 Å². The Morgan fingerprint density at radius 1 is 0.914 bits per heavy atom. The fourth-order valence-corrected chi connectivity index (χ4v) is 4.14. The molecule has 1 heterocycles. The third-order valence-electron chi connectivity index (χ3n) is 4.85. The average Bonchev–Trinajstić information content (AvgIpc) is 3.37. The molecule has 11 heteroatoms. The largest absolute Gasteiger partial charge is 0.497 e. The molecule has 4 aromatic rings. The zero-order chi connectivity index (χ0) is 24.8. The van der Waals surface area contributed by atoms with Crippen molar-refractivity contribution in [3.63, 3.8) is 0 Å². The quantitative estimate of drug-likeness (QED) is 0.343. The highest BCUT2D eigenvalue weighted by molar-refractivity contribution is 7.92. The summed E-state index contributed by atoms with van der Waals surface area (Å²) >= 11 is 0. The fraction of sp³-hybridized carbons (Fsp3) is 0.125. The normalized spacial score (nSPS) is 11.0. The second-order valence-corrected chi connectivity index (χ2v) is 8.85. The first-order chi connectivity index (χ1) is 16.9. The van der Waals surface area contributed by atoms with Gasteiger partial charge in [0.15, 0.2) is 6.61 Å². The van der Waals surface area contributed by atoms with E-state index in [1.165, 1.54) is 31.4 Å². The lowest BCUT2D eigenvalue weighted by atomic mass is 10.2. The van der Waals surface area contributed by atoms with Crippen LogP contribution in [0.5, 0.6) is 11.5 Å². The molecule has 180 valence electrons. The van der Waals surface area contributed by atoms with Crippen molar-refractivity contribution in [2.75, 3.05) is 18.9 Å². The summed E-state index contributed by atoms with van der Waals surface area (Å²) in [5.74, 6) is 0.891. The highest BCUT2D eigenvalue weighted by atomic mass is 32.2. The Balaban J connectivity index is 1.41. The fourth-order valence-electron chi connectivity index (χ4n) is 3.04. The van der Waals surface area contributed by atoms with Gasteiger partial charge < -0.3 is 18.6 Å². The molecule has 0 radical (unpaired) electrons. The van der Waals surface area contributed by atoms with E-state index in [9.17, 15) is 13.2 Å². The van der Waals surface area contributed by atoms with Crippen LogP contribution in [0.15, 0.2) is 82.1 Å². The molecule has 10 nitrogen and oxygen atoms in total. The number of ether oxygens (including phenoxy) is 3. The monoisotopic (exact) mass is 495 g/mol. The molecule has 0 aliphatic heterocycles. The predicted octanol–water partition coefficient (Wildman–Crippen LogP) is 3.91. The van der Waals surface area contributed by atoms with Crippen molar-refractivity contribution in [2.24, 2.45) is 0 Å². The number of sulfonamides is 1. The van der Waals surface area contributed by atoms with Crippen LogP contribution in [-0.2, 0) is 21.4 Å². The van der Waals surface area contributed by atoms with Gasteiger partial charge in [0, 0.05) is 11.3 Å². The van der Waals surface area contributed by atoms with E-state index < -0.39 is 16.0 Å². The highest BCUT2D eigenvalue weighted by Crippen LogP contribution is 2.22. The number of nitrogens with one attached hydrogen (secondary N) is 1. The number of hydrogen-bond acceptors (Lipinski definition) is 9. The van der Waals surface area contributed by atoms with Crippen molar-refractivity contribution in [3.8, 4) is 23.0 Å². The van der Waals surface area contributed by atoms with Gasteiger partial charge in [0.1, 0.15) is 11.5 Å². The number of carbonyl (C=O) groups excluding carboxylic acids is 1. The van der Waals surface area contributed by atoms with Gasteiger partial charge >= 0.3 is 5.97 Å². The molecule has 0 saturated carbocycles. The Labute approximate surface area is 201 Å². The summed E-state index contributed by atoms with van der Waals surface area (Å²) in [5, 5.41) is 7.82. The van der Waals surface area contributed by atoms with Crippen LogP contribution in [0.25, 0.3) is 11.5 Å². The Morgan fingerprint density at radius 2 is 1.57 bits per heavy atom. The van der Waals surface area contributed by atoms with Crippen LogP contribution in [-0.4, -0.2) is 38.8 Å². The molecule has 0 amide bonds. The van der Waals surface area contributed by atoms with E-state index in [0.29, 0.717) is 22.7 Å². The Bertz CT molecular complexity index is 1420. The summed E-state index contributed by atoms with van der Waals surface area (Å²) < 4.78 is 48.9. The molecule has 0 saturated heterocycles. The summed E-state index contributed by atoms with van der Waals surface area (Å²) in [6.07, 6.45) is 0. The molecule has 0 unspecified atom stereocenters. The first-order valence-electron chi connectivity index (χ1n) is 10.3. The minimum absolute atomic E-state index is 0.0532. The molecular formula is C24H21N3O7S. The SMILES string of the molecule is COc1ccc(NS(=O)(=O)c2cccc(C(=O)OCc3nnc(-c4ccc(OC)cc4)o3)c2)cc1. The maximum atomic E-state index is 12.8. The predicted molar refractivity (Wildman–Crippen MR) is 126 cm³/mol. The molecule has 0 fully saturated rings. The minimum atomic E-state index is -3.94. The lowest BCUT2D eigenvalue weighted by molar-refractivity contribution is 0.0438. The number of methoxy groups -OCH3 is 2. The molecule has 3 aromatic carbocycles. The van der Waals surface area contributed by atoms with Gasteiger partial charge in [0.2, 0.25) is 5.89 Å². The van der Waals surface area contributed by atoms with Crippen LogP contribution < -0.4 is 14.2 Å². The first-order valence-corrected chi connectivity index (χ1v) is 11.8. The third-order valence-corrected chi connectivity index (χ3v) is 6.23. The molecule has 4 rings (SSSR count). The summed E-state index contributed by atoms with van der Waals surface area (Å²) in [4.78, 5) is 12.4. The van der Waals surface area contributed by atoms with Gasteiger partial charge in [-0.05, 0) is 66.7 Å². The van der Waals surface area contributed by atoms with Gasteiger partial charge in [0.25, 0.3) is 15.9 Å². The van der Waals surface area contributed by atoms with Crippen molar-refractivity contribution in [3.05, 3.63) is 84.3 Å². The molecule has 0 aliphatic rings. The Kier molecular flexibility index (Phi) is 6.97. The Morgan fingerprint density at radius 3 is 2.23 bits per heavy atom. The molecule has 0 spiro atoms. The van der Waals surface area contributed by atoms with Gasteiger partial charge in [-0.1, -0.05) is 6.07 Å². The van der Waals surface area contributed by atoms with E-state index >= 15 is 0 Å². The van der Waals surface area contributed by atoms with E-state index in [4.69, 9.17) is 18.6 Å². The highest BCUT2D eigenvalue weighted by Gasteiger charge is 2.18. The van der Waals surface area contributed by atoms with Crippen LogP contribution in [0.4, 0.5) is 5.69 Å². The number of benzene rings is 3. The number of nitrogens with zero attached hydrogens (tertiary/aromatic N) is 2. The average molecular weight is 496 g/mol. The zero-order valence-electron chi connectivity index (χ0n) is 18.8. The van der Waals surface area contributed by atoms with Crippen LogP contribution >= 0.6 is 0 Å². The molecule has 35 heavy (non-hydrogen) atoms. The molecule has 1 N–H and O–H groups in total. The number of esters is 1. The number of aromatic nitrogens is 2. The first kappa shape index (κ1) is 23.8. The van der Waals surface area contributed by atoms with Crippen LogP contribution in [0.1, 0.15) is 16.2 Å². The van der Waals surface area contributed by atoms with Crippen molar-refractivity contribution in [1.82, 2.24) is 10.2 Å². The molecule has 0 bridgehead atoms. The minimum Gasteiger partial charge on any atom is -0.497 e. The summed E-state index contributed by atoms with van der Waals surface area (Å²) in [5.41, 5.74) is 1.08. The maximum Gasteiger partial charge on any atom is 0.338 e. The Hall–Kier alpha value is -4.38. The third kappa shape index (κ3) is 5.76. The van der Waals surface area contributed by atoms with Gasteiger partial charge in [0.05, 0.1) is 24.7 Å². The van der Waals surface area contributed by atoms with Gasteiger partial charge in [-0.25, -0.2) is 13.2 Å².